The van der Waals surface area contributed by atoms with E-state index in [9.17, 15) is 0 Å². The van der Waals surface area contributed by atoms with Gasteiger partial charge < -0.3 is 14.8 Å². The second-order valence-electron chi connectivity index (χ2n) is 5.51. The number of benzene rings is 1. The maximum absolute atomic E-state index is 5.71. The molecule has 0 aliphatic heterocycles. The highest BCUT2D eigenvalue weighted by Crippen LogP contribution is 2.35. The largest absolute Gasteiger partial charge is 0.385 e. The predicted molar refractivity (Wildman–Crippen MR) is 82.0 cm³/mol. The molecule has 0 bridgehead atoms. The zero-order chi connectivity index (χ0) is 14.2. The van der Waals surface area contributed by atoms with Crippen molar-refractivity contribution in [1.82, 2.24) is 5.32 Å². The lowest BCUT2D eigenvalue weighted by molar-refractivity contribution is 0.0881. The monoisotopic (exact) mass is 277 g/mol. The minimum Gasteiger partial charge on any atom is -0.385 e. The SMILES string of the molecule is CNC1c2ccccc2CCC1CCOCCCOC. The van der Waals surface area contributed by atoms with Crippen molar-refractivity contribution in [2.45, 2.75) is 31.7 Å². The summed E-state index contributed by atoms with van der Waals surface area (Å²) in [5.74, 6) is 0.678. The number of rotatable bonds is 8. The molecule has 0 saturated carbocycles. The molecule has 0 saturated heterocycles. The van der Waals surface area contributed by atoms with Gasteiger partial charge in [-0.05, 0) is 49.8 Å². The van der Waals surface area contributed by atoms with Crippen LogP contribution in [0.1, 0.15) is 36.4 Å². The normalized spacial score (nSPS) is 21.7. The van der Waals surface area contributed by atoms with E-state index < -0.39 is 0 Å². The van der Waals surface area contributed by atoms with Crippen LogP contribution in [0, 0.1) is 5.92 Å². The minimum atomic E-state index is 0.475. The lowest BCUT2D eigenvalue weighted by Gasteiger charge is -2.33. The number of methoxy groups -OCH3 is 1. The molecule has 2 rings (SSSR count). The van der Waals surface area contributed by atoms with E-state index in [-0.39, 0.29) is 0 Å². The minimum absolute atomic E-state index is 0.475. The maximum atomic E-state index is 5.71. The smallest absolute Gasteiger partial charge is 0.0487 e. The van der Waals surface area contributed by atoms with Gasteiger partial charge in [0.1, 0.15) is 0 Å². The van der Waals surface area contributed by atoms with E-state index in [1.807, 2.05) is 0 Å². The summed E-state index contributed by atoms with van der Waals surface area (Å²) in [6.45, 7) is 2.45. The second kappa shape index (κ2) is 8.40. The zero-order valence-corrected chi connectivity index (χ0v) is 12.7. The van der Waals surface area contributed by atoms with E-state index in [0.717, 1.165) is 32.7 Å². The first-order chi connectivity index (χ1) is 9.86. The van der Waals surface area contributed by atoms with E-state index in [4.69, 9.17) is 9.47 Å². The highest BCUT2D eigenvalue weighted by atomic mass is 16.5. The van der Waals surface area contributed by atoms with E-state index in [0.29, 0.717) is 12.0 Å². The molecule has 3 nitrogen and oxygen atoms in total. The van der Waals surface area contributed by atoms with Crippen molar-refractivity contribution >= 4 is 0 Å². The summed E-state index contributed by atoms with van der Waals surface area (Å²) >= 11 is 0. The first kappa shape index (κ1) is 15.5. The summed E-state index contributed by atoms with van der Waals surface area (Å²) in [6, 6.07) is 9.29. The van der Waals surface area contributed by atoms with E-state index in [1.54, 1.807) is 7.11 Å². The average molecular weight is 277 g/mol. The number of nitrogens with one attached hydrogen (secondary N) is 1. The number of hydrogen-bond donors (Lipinski definition) is 1. The molecule has 112 valence electrons. The van der Waals surface area contributed by atoms with Gasteiger partial charge in [-0.25, -0.2) is 0 Å². The molecule has 20 heavy (non-hydrogen) atoms. The molecule has 2 atom stereocenters. The van der Waals surface area contributed by atoms with Crippen molar-refractivity contribution in [3.05, 3.63) is 35.4 Å². The molecule has 1 aromatic rings. The van der Waals surface area contributed by atoms with Crippen LogP contribution in [0.3, 0.4) is 0 Å². The van der Waals surface area contributed by atoms with E-state index in [1.165, 1.54) is 24.0 Å². The molecule has 2 unspecified atom stereocenters. The number of fused-ring (bicyclic) bond motifs is 1. The van der Waals surface area contributed by atoms with Crippen molar-refractivity contribution in [3.63, 3.8) is 0 Å². The Bertz CT molecular complexity index is 394. The van der Waals surface area contributed by atoms with Gasteiger partial charge in [-0.1, -0.05) is 24.3 Å². The molecule has 1 aliphatic rings. The summed E-state index contributed by atoms with van der Waals surface area (Å²) in [7, 11) is 3.80. The highest BCUT2D eigenvalue weighted by molar-refractivity contribution is 5.32. The number of ether oxygens (including phenoxy) is 2. The fraction of sp³-hybridized carbons (Fsp3) is 0.647. The number of aryl methyl sites for hydroxylation is 1. The van der Waals surface area contributed by atoms with Gasteiger partial charge in [-0.2, -0.15) is 0 Å². The Balaban J connectivity index is 1.81. The van der Waals surface area contributed by atoms with Crippen molar-refractivity contribution < 1.29 is 9.47 Å². The Morgan fingerprint density at radius 3 is 2.85 bits per heavy atom. The van der Waals surface area contributed by atoms with Crippen molar-refractivity contribution in [1.29, 1.82) is 0 Å². The lowest BCUT2D eigenvalue weighted by atomic mass is 9.78. The summed E-state index contributed by atoms with van der Waals surface area (Å²) < 4.78 is 10.7. The predicted octanol–water partition coefficient (Wildman–Crippen LogP) is 2.95. The average Bonchev–Trinajstić information content (AvgIpc) is 2.50. The molecular formula is C17H27NO2. The summed E-state index contributed by atoms with van der Waals surface area (Å²) in [5.41, 5.74) is 2.98. The molecule has 0 heterocycles. The van der Waals surface area contributed by atoms with Gasteiger partial charge in [0.25, 0.3) is 0 Å². The quantitative estimate of drug-likeness (QED) is 0.741. The molecule has 0 radical (unpaired) electrons. The van der Waals surface area contributed by atoms with Crippen molar-refractivity contribution in [3.8, 4) is 0 Å². The van der Waals surface area contributed by atoms with Gasteiger partial charge in [0, 0.05) is 33.0 Å². The van der Waals surface area contributed by atoms with Gasteiger partial charge in [0.2, 0.25) is 0 Å². The first-order valence-corrected chi connectivity index (χ1v) is 7.68. The molecule has 1 aliphatic carbocycles. The molecule has 0 amide bonds. The Hall–Kier alpha value is -0.900. The second-order valence-corrected chi connectivity index (χ2v) is 5.51. The van der Waals surface area contributed by atoms with Crippen LogP contribution in [0.4, 0.5) is 0 Å². The third kappa shape index (κ3) is 4.05. The van der Waals surface area contributed by atoms with Crippen LogP contribution in [0.25, 0.3) is 0 Å². The third-order valence-corrected chi connectivity index (χ3v) is 4.23. The molecule has 1 aromatic carbocycles. The van der Waals surface area contributed by atoms with Gasteiger partial charge in [0.15, 0.2) is 0 Å². The Labute approximate surface area is 122 Å². The lowest BCUT2D eigenvalue weighted by Crippen LogP contribution is -2.31. The van der Waals surface area contributed by atoms with Gasteiger partial charge in [0.05, 0.1) is 0 Å². The maximum Gasteiger partial charge on any atom is 0.0487 e. The molecule has 1 N–H and O–H groups in total. The van der Waals surface area contributed by atoms with Crippen molar-refractivity contribution in [2.24, 2.45) is 5.92 Å². The Kier molecular flexibility index (Phi) is 6.51. The molecule has 3 heteroatoms. The van der Waals surface area contributed by atoms with E-state index in [2.05, 4.69) is 36.6 Å². The van der Waals surface area contributed by atoms with Crippen LogP contribution in [0.5, 0.6) is 0 Å². The van der Waals surface area contributed by atoms with Crippen LogP contribution < -0.4 is 5.32 Å². The summed E-state index contributed by atoms with van der Waals surface area (Å²) in [5, 5.41) is 3.50. The van der Waals surface area contributed by atoms with Crippen LogP contribution in [-0.4, -0.2) is 34.0 Å². The first-order valence-electron chi connectivity index (χ1n) is 7.68. The molecule has 0 aromatic heterocycles. The highest BCUT2D eigenvalue weighted by Gasteiger charge is 2.27. The van der Waals surface area contributed by atoms with Gasteiger partial charge >= 0.3 is 0 Å². The Morgan fingerprint density at radius 1 is 1.20 bits per heavy atom. The molecule has 0 fully saturated rings. The topological polar surface area (TPSA) is 30.5 Å². The summed E-state index contributed by atoms with van der Waals surface area (Å²) in [6.07, 6.45) is 4.57. The Morgan fingerprint density at radius 2 is 2.05 bits per heavy atom. The standard InChI is InChI=1S/C17H27NO2/c1-18-17-15(10-13-20-12-5-11-19-2)9-8-14-6-3-4-7-16(14)17/h3-4,6-7,15,17-18H,5,8-13H2,1-2H3. The third-order valence-electron chi connectivity index (χ3n) is 4.23. The van der Waals surface area contributed by atoms with Gasteiger partial charge in [-0.3, -0.25) is 0 Å². The number of hydrogen-bond acceptors (Lipinski definition) is 3. The van der Waals surface area contributed by atoms with Crippen LogP contribution >= 0.6 is 0 Å². The van der Waals surface area contributed by atoms with Gasteiger partial charge in [-0.15, -0.1) is 0 Å². The van der Waals surface area contributed by atoms with Crippen LogP contribution in [0.2, 0.25) is 0 Å². The molecular weight excluding hydrogens is 250 g/mol. The zero-order valence-electron chi connectivity index (χ0n) is 12.7. The fourth-order valence-electron chi connectivity index (χ4n) is 3.17. The van der Waals surface area contributed by atoms with Crippen molar-refractivity contribution in [2.75, 3.05) is 34.0 Å². The van der Waals surface area contributed by atoms with Crippen LogP contribution in [0.15, 0.2) is 24.3 Å². The summed E-state index contributed by atoms with van der Waals surface area (Å²) in [4.78, 5) is 0. The fourth-order valence-corrected chi connectivity index (χ4v) is 3.17. The van der Waals surface area contributed by atoms with E-state index >= 15 is 0 Å². The van der Waals surface area contributed by atoms with Crippen LogP contribution in [-0.2, 0) is 15.9 Å². The molecule has 0 spiro atoms.